The zero-order valence-corrected chi connectivity index (χ0v) is 10.6. The molecule has 0 amide bonds. The van der Waals surface area contributed by atoms with Gasteiger partial charge in [-0.1, -0.05) is 12.1 Å². The van der Waals surface area contributed by atoms with Crippen LogP contribution in [0.4, 0.5) is 13.2 Å². The minimum Gasteiger partial charge on any atom is -0.406 e. The lowest BCUT2D eigenvalue weighted by atomic mass is 10.0. The fourth-order valence-electron chi connectivity index (χ4n) is 1.84. The van der Waals surface area contributed by atoms with Gasteiger partial charge in [-0.2, -0.15) is 0 Å². The van der Waals surface area contributed by atoms with Gasteiger partial charge >= 0.3 is 6.36 Å². The number of aromatic nitrogens is 2. The Labute approximate surface area is 113 Å². The van der Waals surface area contributed by atoms with E-state index >= 15 is 0 Å². The molecule has 20 heavy (non-hydrogen) atoms. The van der Waals surface area contributed by atoms with Crippen molar-refractivity contribution >= 4 is 0 Å². The molecule has 0 bridgehead atoms. The highest BCUT2D eigenvalue weighted by Gasteiger charge is 2.31. The molecule has 2 rings (SSSR count). The predicted octanol–water partition coefficient (Wildman–Crippen LogP) is 2.68. The summed E-state index contributed by atoms with van der Waals surface area (Å²) < 4.78 is 40.6. The van der Waals surface area contributed by atoms with E-state index in [4.69, 9.17) is 0 Å². The summed E-state index contributed by atoms with van der Waals surface area (Å²) in [5.41, 5.74) is 1.22. The normalized spacial score (nSPS) is 13.0. The lowest BCUT2D eigenvalue weighted by molar-refractivity contribution is -0.274. The molecule has 0 radical (unpaired) electrons. The molecule has 0 saturated heterocycles. The molecule has 2 aromatic rings. The van der Waals surface area contributed by atoms with Crippen molar-refractivity contribution < 1.29 is 17.9 Å². The molecule has 1 N–H and O–H groups in total. The van der Waals surface area contributed by atoms with Gasteiger partial charge in [-0.3, -0.25) is 9.97 Å². The van der Waals surface area contributed by atoms with E-state index in [2.05, 4.69) is 20.0 Å². The molecule has 0 aliphatic heterocycles. The highest BCUT2D eigenvalue weighted by atomic mass is 19.4. The Morgan fingerprint density at radius 2 is 2.05 bits per heavy atom. The molecular weight excluding hydrogens is 271 g/mol. The van der Waals surface area contributed by atoms with E-state index in [0.717, 1.165) is 0 Å². The number of alkyl halides is 3. The fraction of sp³-hybridized carbons (Fsp3) is 0.231. The third kappa shape index (κ3) is 3.67. The summed E-state index contributed by atoms with van der Waals surface area (Å²) in [6, 6.07) is 5.40. The lowest BCUT2D eigenvalue weighted by Crippen LogP contribution is -2.20. The van der Waals surface area contributed by atoms with Crippen molar-refractivity contribution in [1.82, 2.24) is 15.3 Å². The van der Waals surface area contributed by atoms with Gasteiger partial charge < -0.3 is 10.1 Å². The molecule has 1 heterocycles. The zero-order valence-electron chi connectivity index (χ0n) is 10.6. The van der Waals surface area contributed by atoms with Gasteiger partial charge in [-0.05, 0) is 24.7 Å². The van der Waals surface area contributed by atoms with E-state index < -0.39 is 6.36 Å². The Hall–Kier alpha value is -2.15. The maximum atomic E-state index is 12.2. The summed E-state index contributed by atoms with van der Waals surface area (Å²) in [7, 11) is 1.69. The quantitative estimate of drug-likeness (QED) is 0.937. The predicted molar refractivity (Wildman–Crippen MR) is 66.1 cm³/mol. The number of hydrogen-bond donors (Lipinski definition) is 1. The van der Waals surface area contributed by atoms with E-state index in [-0.39, 0.29) is 11.8 Å². The van der Waals surface area contributed by atoms with E-state index in [1.165, 1.54) is 30.6 Å². The van der Waals surface area contributed by atoms with Crippen LogP contribution in [0, 0.1) is 0 Å². The van der Waals surface area contributed by atoms with Crippen LogP contribution in [0.3, 0.4) is 0 Å². The van der Waals surface area contributed by atoms with Crippen LogP contribution >= 0.6 is 0 Å². The van der Waals surface area contributed by atoms with Gasteiger partial charge in [0.1, 0.15) is 5.75 Å². The lowest BCUT2D eigenvalue weighted by Gasteiger charge is -2.17. The Balaban J connectivity index is 2.29. The monoisotopic (exact) mass is 283 g/mol. The first-order valence-electron chi connectivity index (χ1n) is 5.78. The van der Waals surface area contributed by atoms with Crippen molar-refractivity contribution in [3.05, 3.63) is 54.1 Å². The van der Waals surface area contributed by atoms with Crippen molar-refractivity contribution in [2.45, 2.75) is 12.4 Å². The Morgan fingerprint density at radius 1 is 1.25 bits per heavy atom. The molecule has 0 aliphatic carbocycles. The van der Waals surface area contributed by atoms with E-state index in [1.807, 2.05) is 0 Å². The topological polar surface area (TPSA) is 47.0 Å². The molecular formula is C13H12F3N3O. The Kier molecular flexibility index (Phi) is 4.19. The standard InChI is InChI=1S/C13H12F3N3O/c1-17-12(11-8-18-5-6-19-11)9-3-2-4-10(7-9)20-13(14,15)16/h2-8,12,17H,1H3. The molecule has 0 spiro atoms. The smallest absolute Gasteiger partial charge is 0.406 e. The van der Waals surface area contributed by atoms with Crippen molar-refractivity contribution in [2.24, 2.45) is 0 Å². The number of halogens is 3. The number of nitrogens with one attached hydrogen (secondary N) is 1. The molecule has 0 fully saturated rings. The highest BCUT2D eigenvalue weighted by Crippen LogP contribution is 2.27. The molecule has 1 unspecified atom stereocenters. The first-order valence-corrected chi connectivity index (χ1v) is 5.78. The summed E-state index contributed by atoms with van der Waals surface area (Å²) in [6.07, 6.45) is -0.103. The van der Waals surface area contributed by atoms with Crippen LogP contribution in [0.1, 0.15) is 17.3 Å². The summed E-state index contributed by atoms with van der Waals surface area (Å²) in [5.74, 6) is -0.265. The van der Waals surface area contributed by atoms with Crippen molar-refractivity contribution in [2.75, 3.05) is 7.05 Å². The van der Waals surface area contributed by atoms with Gasteiger partial charge in [-0.15, -0.1) is 13.2 Å². The molecule has 4 nitrogen and oxygen atoms in total. The van der Waals surface area contributed by atoms with E-state index in [1.54, 1.807) is 19.3 Å². The van der Waals surface area contributed by atoms with Crippen LogP contribution in [0.5, 0.6) is 5.75 Å². The molecule has 7 heteroatoms. The largest absolute Gasteiger partial charge is 0.573 e. The second-order valence-electron chi connectivity index (χ2n) is 3.97. The maximum absolute atomic E-state index is 12.2. The van der Waals surface area contributed by atoms with Crippen molar-refractivity contribution in [3.8, 4) is 5.75 Å². The molecule has 0 aliphatic rings. The molecule has 1 aromatic carbocycles. The average molecular weight is 283 g/mol. The third-order valence-electron chi connectivity index (χ3n) is 2.59. The molecule has 1 aromatic heterocycles. The van der Waals surface area contributed by atoms with E-state index in [9.17, 15) is 13.2 Å². The van der Waals surface area contributed by atoms with E-state index in [0.29, 0.717) is 11.3 Å². The zero-order chi connectivity index (χ0) is 14.6. The van der Waals surface area contributed by atoms with Crippen LogP contribution in [0.15, 0.2) is 42.9 Å². The summed E-state index contributed by atoms with van der Waals surface area (Å²) in [4.78, 5) is 8.09. The number of rotatable bonds is 4. The van der Waals surface area contributed by atoms with Gasteiger partial charge in [0.15, 0.2) is 0 Å². The number of benzene rings is 1. The van der Waals surface area contributed by atoms with Gasteiger partial charge in [-0.25, -0.2) is 0 Å². The number of nitrogens with zero attached hydrogens (tertiary/aromatic N) is 2. The van der Waals surface area contributed by atoms with Crippen LogP contribution in [-0.4, -0.2) is 23.4 Å². The number of ether oxygens (including phenoxy) is 1. The Morgan fingerprint density at radius 3 is 2.65 bits per heavy atom. The Bertz CT molecular complexity index is 560. The first kappa shape index (κ1) is 14.3. The second kappa shape index (κ2) is 5.87. The van der Waals surface area contributed by atoms with Crippen LogP contribution in [0.25, 0.3) is 0 Å². The van der Waals surface area contributed by atoms with Crippen molar-refractivity contribution in [1.29, 1.82) is 0 Å². The van der Waals surface area contributed by atoms with Gasteiger partial charge in [0.25, 0.3) is 0 Å². The third-order valence-corrected chi connectivity index (χ3v) is 2.59. The van der Waals surface area contributed by atoms with Crippen LogP contribution < -0.4 is 10.1 Å². The fourth-order valence-corrected chi connectivity index (χ4v) is 1.84. The van der Waals surface area contributed by atoms with Gasteiger partial charge in [0.2, 0.25) is 0 Å². The molecule has 106 valence electrons. The van der Waals surface area contributed by atoms with Crippen LogP contribution in [-0.2, 0) is 0 Å². The first-order chi connectivity index (χ1) is 9.49. The minimum absolute atomic E-state index is 0.265. The summed E-state index contributed by atoms with van der Waals surface area (Å²) in [5, 5.41) is 2.99. The summed E-state index contributed by atoms with van der Waals surface area (Å²) in [6.45, 7) is 0. The molecule has 0 saturated carbocycles. The maximum Gasteiger partial charge on any atom is 0.573 e. The SMILES string of the molecule is CNC(c1cccc(OC(F)(F)F)c1)c1cnccn1. The second-order valence-corrected chi connectivity index (χ2v) is 3.97. The average Bonchev–Trinajstić information content (AvgIpc) is 2.39. The van der Waals surface area contributed by atoms with Crippen molar-refractivity contribution in [3.63, 3.8) is 0 Å². The number of hydrogen-bond acceptors (Lipinski definition) is 4. The van der Waals surface area contributed by atoms with Gasteiger partial charge in [0, 0.05) is 12.4 Å². The minimum atomic E-state index is -4.71. The summed E-state index contributed by atoms with van der Waals surface area (Å²) >= 11 is 0. The van der Waals surface area contributed by atoms with Gasteiger partial charge in [0.05, 0.1) is 17.9 Å². The highest BCUT2D eigenvalue weighted by molar-refractivity contribution is 5.34. The van der Waals surface area contributed by atoms with Crippen LogP contribution in [0.2, 0.25) is 0 Å². The molecule has 1 atom stereocenters.